The Balaban J connectivity index is 1.66. The number of hydrogen-bond acceptors (Lipinski definition) is 3. The Morgan fingerprint density at radius 1 is 1.29 bits per heavy atom. The molecule has 0 aliphatic carbocycles. The van der Waals surface area contributed by atoms with Gasteiger partial charge < -0.3 is 15.0 Å². The Morgan fingerprint density at radius 3 is 2.88 bits per heavy atom. The van der Waals surface area contributed by atoms with Gasteiger partial charge in [0, 0.05) is 25.7 Å². The summed E-state index contributed by atoms with van der Waals surface area (Å²) in [5, 5.41) is 3.64. The Hall–Kier alpha value is -0.120. The number of piperidine rings is 1. The highest BCUT2D eigenvalue weighted by Gasteiger charge is 2.21. The highest BCUT2D eigenvalue weighted by molar-refractivity contribution is 4.79. The summed E-state index contributed by atoms with van der Waals surface area (Å²) in [6.45, 7) is 7.92. The first-order valence-electron chi connectivity index (χ1n) is 7.23. The fraction of sp³-hybridized carbons (Fsp3) is 1.00. The second-order valence-electron chi connectivity index (χ2n) is 6.08. The minimum atomic E-state index is 0.702. The molecule has 2 aliphatic rings. The van der Waals surface area contributed by atoms with Gasteiger partial charge in [-0.25, -0.2) is 0 Å². The van der Waals surface area contributed by atoms with Crippen molar-refractivity contribution in [2.24, 2.45) is 11.8 Å². The van der Waals surface area contributed by atoms with Gasteiger partial charge in [-0.3, -0.25) is 0 Å². The van der Waals surface area contributed by atoms with Gasteiger partial charge in [-0.15, -0.1) is 0 Å². The Kier molecular flexibility index (Phi) is 5.26. The zero-order valence-electron chi connectivity index (χ0n) is 11.5. The lowest BCUT2D eigenvalue weighted by molar-refractivity contribution is 0.0402. The average Bonchev–Trinajstić information content (AvgIpc) is 2.30. The maximum Gasteiger partial charge on any atom is 0.0506 e. The number of nitrogens with zero attached hydrogens (tertiary/aromatic N) is 1. The van der Waals surface area contributed by atoms with E-state index in [0.29, 0.717) is 6.04 Å². The van der Waals surface area contributed by atoms with Gasteiger partial charge in [0.2, 0.25) is 0 Å². The molecule has 2 aliphatic heterocycles. The van der Waals surface area contributed by atoms with Crippen LogP contribution in [0.1, 0.15) is 32.6 Å². The molecule has 2 saturated heterocycles. The monoisotopic (exact) mass is 240 g/mol. The van der Waals surface area contributed by atoms with E-state index in [-0.39, 0.29) is 0 Å². The first-order valence-corrected chi connectivity index (χ1v) is 7.23. The highest BCUT2D eigenvalue weighted by Crippen LogP contribution is 2.17. The molecule has 3 nitrogen and oxygen atoms in total. The molecule has 2 rings (SSSR count). The van der Waals surface area contributed by atoms with Crippen LogP contribution in [0.4, 0.5) is 0 Å². The number of hydrogen-bond donors (Lipinski definition) is 1. The molecule has 0 radical (unpaired) electrons. The van der Waals surface area contributed by atoms with E-state index in [1.54, 1.807) is 0 Å². The Morgan fingerprint density at radius 2 is 2.18 bits per heavy atom. The molecule has 17 heavy (non-hydrogen) atoms. The van der Waals surface area contributed by atoms with Crippen LogP contribution in [0.15, 0.2) is 0 Å². The average molecular weight is 240 g/mol. The van der Waals surface area contributed by atoms with Crippen molar-refractivity contribution >= 4 is 0 Å². The van der Waals surface area contributed by atoms with Crippen LogP contribution in [0, 0.1) is 11.8 Å². The molecule has 0 bridgehead atoms. The van der Waals surface area contributed by atoms with Crippen molar-refractivity contribution in [3.05, 3.63) is 0 Å². The van der Waals surface area contributed by atoms with Crippen molar-refractivity contribution in [3.63, 3.8) is 0 Å². The number of rotatable bonds is 4. The minimum absolute atomic E-state index is 0.702. The fourth-order valence-corrected chi connectivity index (χ4v) is 3.20. The molecule has 0 amide bonds. The molecule has 0 aromatic carbocycles. The van der Waals surface area contributed by atoms with Crippen LogP contribution in [0.3, 0.4) is 0 Å². The van der Waals surface area contributed by atoms with Crippen LogP contribution in [-0.4, -0.2) is 50.8 Å². The van der Waals surface area contributed by atoms with Crippen LogP contribution in [-0.2, 0) is 4.74 Å². The van der Waals surface area contributed by atoms with Gasteiger partial charge in [-0.1, -0.05) is 6.92 Å². The Bertz CT molecular complexity index is 216. The molecule has 0 spiro atoms. The van der Waals surface area contributed by atoms with E-state index in [1.807, 2.05) is 0 Å². The van der Waals surface area contributed by atoms with Crippen molar-refractivity contribution in [2.75, 3.05) is 39.9 Å². The number of ether oxygens (including phenoxy) is 1. The third-order valence-electron chi connectivity index (χ3n) is 4.11. The molecule has 2 heterocycles. The van der Waals surface area contributed by atoms with Crippen molar-refractivity contribution in [3.8, 4) is 0 Å². The van der Waals surface area contributed by atoms with Crippen molar-refractivity contribution < 1.29 is 4.74 Å². The molecule has 0 aromatic heterocycles. The summed E-state index contributed by atoms with van der Waals surface area (Å²) in [4.78, 5) is 2.50. The van der Waals surface area contributed by atoms with Crippen molar-refractivity contribution in [1.29, 1.82) is 0 Å². The van der Waals surface area contributed by atoms with Crippen LogP contribution in [0.25, 0.3) is 0 Å². The molecule has 0 aromatic rings. The fourth-order valence-electron chi connectivity index (χ4n) is 3.20. The molecular formula is C14H28N2O. The van der Waals surface area contributed by atoms with Crippen molar-refractivity contribution in [1.82, 2.24) is 10.2 Å². The number of likely N-dealkylation sites (N-methyl/N-ethyl adjacent to an activating group) is 1. The van der Waals surface area contributed by atoms with E-state index in [1.165, 1.54) is 45.3 Å². The first-order chi connectivity index (χ1) is 8.24. The third kappa shape index (κ3) is 4.57. The zero-order valence-corrected chi connectivity index (χ0v) is 11.5. The zero-order chi connectivity index (χ0) is 12.1. The normalized spacial score (nSPS) is 35.1. The third-order valence-corrected chi connectivity index (χ3v) is 4.11. The predicted octanol–water partition coefficient (Wildman–Crippen LogP) is 1.73. The molecule has 0 saturated carbocycles. The number of nitrogens with one attached hydrogen (secondary N) is 1. The summed E-state index contributed by atoms with van der Waals surface area (Å²) in [6, 6.07) is 0.702. The molecule has 100 valence electrons. The van der Waals surface area contributed by atoms with Gasteiger partial charge in [0.15, 0.2) is 0 Å². The van der Waals surface area contributed by atoms with Crippen molar-refractivity contribution in [2.45, 2.75) is 38.6 Å². The van der Waals surface area contributed by atoms with Crippen LogP contribution >= 0.6 is 0 Å². The second-order valence-corrected chi connectivity index (χ2v) is 6.08. The summed E-state index contributed by atoms with van der Waals surface area (Å²) in [6.07, 6.45) is 5.28. The molecular weight excluding hydrogens is 212 g/mol. The second kappa shape index (κ2) is 6.72. The standard InChI is InChI=1S/C14H28N2O/c1-12-5-6-15-14(8-12)10-16(2)9-13-4-3-7-17-11-13/h12-15H,3-11H2,1-2H3. The highest BCUT2D eigenvalue weighted by atomic mass is 16.5. The SMILES string of the molecule is CC1CCNC(CN(C)CC2CCCOC2)C1. The van der Waals surface area contributed by atoms with Gasteiger partial charge in [-0.2, -0.15) is 0 Å². The predicted molar refractivity (Wildman–Crippen MR) is 71.2 cm³/mol. The molecule has 2 fully saturated rings. The molecule has 3 unspecified atom stereocenters. The summed E-state index contributed by atoms with van der Waals surface area (Å²) in [7, 11) is 2.26. The van der Waals surface area contributed by atoms with Gasteiger partial charge in [0.1, 0.15) is 0 Å². The summed E-state index contributed by atoms with van der Waals surface area (Å²) in [5.74, 6) is 1.66. The van der Waals surface area contributed by atoms with E-state index in [0.717, 1.165) is 25.0 Å². The lowest BCUT2D eigenvalue weighted by Gasteiger charge is -2.33. The quantitative estimate of drug-likeness (QED) is 0.810. The van der Waals surface area contributed by atoms with Gasteiger partial charge in [0.05, 0.1) is 6.61 Å². The summed E-state index contributed by atoms with van der Waals surface area (Å²) < 4.78 is 5.55. The van der Waals surface area contributed by atoms with E-state index in [9.17, 15) is 0 Å². The molecule has 3 atom stereocenters. The maximum atomic E-state index is 5.55. The van der Waals surface area contributed by atoms with Crippen LogP contribution < -0.4 is 5.32 Å². The minimum Gasteiger partial charge on any atom is -0.381 e. The molecule has 1 N–H and O–H groups in total. The van der Waals surface area contributed by atoms with E-state index in [4.69, 9.17) is 4.74 Å². The van der Waals surface area contributed by atoms with Gasteiger partial charge in [-0.05, 0) is 51.1 Å². The smallest absolute Gasteiger partial charge is 0.0506 e. The van der Waals surface area contributed by atoms with Crippen LogP contribution in [0.2, 0.25) is 0 Å². The lowest BCUT2D eigenvalue weighted by atomic mass is 9.94. The lowest BCUT2D eigenvalue weighted by Crippen LogP contribution is -2.45. The Labute approximate surface area is 106 Å². The maximum absolute atomic E-state index is 5.55. The first kappa shape index (κ1) is 13.3. The molecule has 3 heteroatoms. The van der Waals surface area contributed by atoms with E-state index in [2.05, 4.69) is 24.2 Å². The van der Waals surface area contributed by atoms with E-state index < -0.39 is 0 Å². The van der Waals surface area contributed by atoms with Gasteiger partial charge in [0.25, 0.3) is 0 Å². The summed E-state index contributed by atoms with van der Waals surface area (Å²) >= 11 is 0. The van der Waals surface area contributed by atoms with Crippen LogP contribution in [0.5, 0.6) is 0 Å². The summed E-state index contributed by atoms with van der Waals surface area (Å²) in [5.41, 5.74) is 0. The van der Waals surface area contributed by atoms with E-state index >= 15 is 0 Å². The largest absolute Gasteiger partial charge is 0.381 e. The topological polar surface area (TPSA) is 24.5 Å². The van der Waals surface area contributed by atoms with Gasteiger partial charge >= 0.3 is 0 Å².